The fourth-order valence-electron chi connectivity index (χ4n) is 1.83. The molecule has 2 heterocycles. The van der Waals surface area contributed by atoms with E-state index in [4.69, 9.17) is 0 Å². The number of benzene rings is 1. The first-order chi connectivity index (χ1) is 10.6. The topological polar surface area (TPSA) is 85.6 Å². The molecule has 0 fully saturated rings. The van der Waals surface area contributed by atoms with E-state index in [9.17, 15) is 4.79 Å². The van der Waals surface area contributed by atoms with Crippen molar-refractivity contribution in [3.63, 3.8) is 0 Å². The summed E-state index contributed by atoms with van der Waals surface area (Å²) in [5.74, 6) is 0.264. The van der Waals surface area contributed by atoms with Gasteiger partial charge < -0.3 is 5.32 Å². The number of nitrogens with one attached hydrogen (secondary N) is 1. The first-order valence-corrected chi connectivity index (χ1v) is 7.50. The molecule has 1 N–H and O–H groups in total. The fraction of sp³-hybridized carbons (Fsp3) is 0.214. The summed E-state index contributed by atoms with van der Waals surface area (Å²) < 4.78 is 0. The van der Waals surface area contributed by atoms with Gasteiger partial charge in [-0.1, -0.05) is 30.3 Å². The molecular weight excluding hydrogens is 300 g/mol. The Morgan fingerprint density at radius 1 is 1.27 bits per heavy atom. The van der Waals surface area contributed by atoms with Crippen LogP contribution in [-0.4, -0.2) is 31.1 Å². The number of aromatic nitrogens is 5. The minimum Gasteiger partial charge on any atom is -0.300 e. The maximum Gasteiger partial charge on any atom is 0.249 e. The second kappa shape index (κ2) is 6.02. The van der Waals surface area contributed by atoms with Crippen molar-refractivity contribution in [2.24, 2.45) is 0 Å². The quantitative estimate of drug-likeness (QED) is 0.796. The number of tetrazole rings is 1. The Morgan fingerprint density at radius 2 is 2.05 bits per heavy atom. The molecule has 2 aromatic heterocycles. The van der Waals surface area contributed by atoms with Gasteiger partial charge in [0, 0.05) is 10.4 Å². The molecule has 0 aliphatic rings. The molecule has 8 heteroatoms. The molecule has 0 unspecified atom stereocenters. The van der Waals surface area contributed by atoms with Crippen LogP contribution in [-0.2, 0) is 11.3 Å². The van der Waals surface area contributed by atoms with Crippen LogP contribution in [0.3, 0.4) is 0 Å². The summed E-state index contributed by atoms with van der Waals surface area (Å²) in [6.07, 6.45) is 0. The molecular formula is C14H14N6OS. The Kier molecular flexibility index (Phi) is 3.92. The predicted molar refractivity (Wildman–Crippen MR) is 83.5 cm³/mol. The Balaban J connectivity index is 1.66. The van der Waals surface area contributed by atoms with Crippen LogP contribution in [0.15, 0.2) is 30.3 Å². The van der Waals surface area contributed by atoms with Crippen molar-refractivity contribution in [2.75, 3.05) is 5.32 Å². The third kappa shape index (κ3) is 3.17. The van der Waals surface area contributed by atoms with E-state index < -0.39 is 0 Å². The third-order valence-electron chi connectivity index (χ3n) is 3.04. The van der Waals surface area contributed by atoms with Crippen LogP contribution >= 0.6 is 11.3 Å². The summed E-state index contributed by atoms with van der Waals surface area (Å²) in [6.45, 7) is 3.87. The van der Waals surface area contributed by atoms with Gasteiger partial charge >= 0.3 is 0 Å². The van der Waals surface area contributed by atoms with Gasteiger partial charge in [-0.25, -0.2) is 4.98 Å². The van der Waals surface area contributed by atoms with Gasteiger partial charge in [0.2, 0.25) is 11.7 Å². The van der Waals surface area contributed by atoms with Gasteiger partial charge in [0.05, 0.1) is 5.69 Å². The maximum atomic E-state index is 12.0. The van der Waals surface area contributed by atoms with Gasteiger partial charge in [0.1, 0.15) is 6.54 Å². The molecule has 0 aliphatic heterocycles. The van der Waals surface area contributed by atoms with Crippen LogP contribution in [0, 0.1) is 13.8 Å². The van der Waals surface area contributed by atoms with Crippen LogP contribution < -0.4 is 5.32 Å². The minimum absolute atomic E-state index is 0.00247. The number of thiazole rings is 1. The zero-order valence-electron chi connectivity index (χ0n) is 12.1. The van der Waals surface area contributed by atoms with Crippen molar-refractivity contribution in [3.8, 4) is 11.4 Å². The predicted octanol–water partition coefficient (Wildman–Crippen LogP) is 2.05. The molecule has 0 radical (unpaired) electrons. The molecule has 0 bridgehead atoms. The largest absolute Gasteiger partial charge is 0.300 e. The number of carbonyl (C=O) groups excluding carboxylic acids is 1. The van der Waals surface area contributed by atoms with Crippen molar-refractivity contribution < 1.29 is 4.79 Å². The SMILES string of the molecule is Cc1nc(NC(=O)Cn2nnc(-c3ccccc3)n2)sc1C. The van der Waals surface area contributed by atoms with Crippen molar-refractivity contribution in [3.05, 3.63) is 40.9 Å². The molecule has 0 saturated heterocycles. The number of hydrogen-bond acceptors (Lipinski definition) is 6. The zero-order chi connectivity index (χ0) is 15.5. The number of amides is 1. The van der Waals surface area contributed by atoms with E-state index in [0.717, 1.165) is 16.1 Å². The average molecular weight is 314 g/mol. The van der Waals surface area contributed by atoms with Gasteiger partial charge in [0.25, 0.3) is 0 Å². The van der Waals surface area contributed by atoms with Crippen molar-refractivity contribution >= 4 is 22.4 Å². The molecule has 3 aromatic rings. The molecule has 3 rings (SSSR count). The summed E-state index contributed by atoms with van der Waals surface area (Å²) in [7, 11) is 0. The lowest BCUT2D eigenvalue weighted by Crippen LogP contribution is -2.20. The van der Waals surface area contributed by atoms with E-state index in [1.54, 1.807) is 0 Å². The number of rotatable bonds is 4. The van der Waals surface area contributed by atoms with Crippen molar-refractivity contribution in [2.45, 2.75) is 20.4 Å². The van der Waals surface area contributed by atoms with Crippen LogP contribution in [0.5, 0.6) is 0 Å². The summed E-state index contributed by atoms with van der Waals surface area (Å²) in [4.78, 5) is 18.6. The van der Waals surface area contributed by atoms with E-state index in [1.807, 2.05) is 44.2 Å². The number of anilines is 1. The molecule has 22 heavy (non-hydrogen) atoms. The molecule has 112 valence electrons. The molecule has 0 saturated carbocycles. The number of hydrogen-bond donors (Lipinski definition) is 1. The highest BCUT2D eigenvalue weighted by Gasteiger charge is 2.11. The smallest absolute Gasteiger partial charge is 0.249 e. The number of carbonyl (C=O) groups is 1. The number of nitrogens with zero attached hydrogens (tertiary/aromatic N) is 5. The van der Waals surface area contributed by atoms with Crippen molar-refractivity contribution in [1.82, 2.24) is 25.2 Å². The van der Waals surface area contributed by atoms with Crippen molar-refractivity contribution in [1.29, 1.82) is 0 Å². The van der Waals surface area contributed by atoms with Crippen LogP contribution in [0.2, 0.25) is 0 Å². The molecule has 1 amide bonds. The second-order valence-electron chi connectivity index (χ2n) is 4.72. The third-order valence-corrected chi connectivity index (χ3v) is 4.03. The maximum absolute atomic E-state index is 12.0. The Hall–Kier alpha value is -2.61. The molecule has 0 spiro atoms. The summed E-state index contributed by atoms with van der Waals surface area (Å²) in [6, 6.07) is 9.50. The van der Waals surface area contributed by atoms with Gasteiger partial charge in [0.15, 0.2) is 5.13 Å². The van der Waals surface area contributed by atoms with E-state index >= 15 is 0 Å². The molecule has 1 aromatic carbocycles. The first kappa shape index (κ1) is 14.3. The van der Waals surface area contributed by atoms with Crippen LogP contribution in [0.1, 0.15) is 10.6 Å². The molecule has 0 aliphatic carbocycles. The van der Waals surface area contributed by atoms with E-state index in [0.29, 0.717) is 11.0 Å². The molecule has 7 nitrogen and oxygen atoms in total. The van der Waals surface area contributed by atoms with E-state index in [-0.39, 0.29) is 12.5 Å². The Morgan fingerprint density at radius 3 is 2.73 bits per heavy atom. The summed E-state index contributed by atoms with van der Waals surface area (Å²) in [5.41, 5.74) is 1.78. The Bertz CT molecular complexity index is 775. The highest BCUT2D eigenvalue weighted by molar-refractivity contribution is 7.15. The second-order valence-corrected chi connectivity index (χ2v) is 5.92. The Labute approximate surface area is 131 Å². The lowest BCUT2D eigenvalue weighted by atomic mass is 10.2. The lowest BCUT2D eigenvalue weighted by molar-refractivity contribution is -0.117. The summed E-state index contributed by atoms with van der Waals surface area (Å²) in [5, 5.41) is 15.4. The van der Waals surface area contributed by atoms with Crippen LogP contribution in [0.25, 0.3) is 11.4 Å². The number of aryl methyl sites for hydroxylation is 2. The van der Waals surface area contributed by atoms with Gasteiger partial charge in [-0.05, 0) is 19.1 Å². The van der Waals surface area contributed by atoms with Gasteiger partial charge in [-0.15, -0.1) is 21.5 Å². The average Bonchev–Trinajstić information content (AvgIpc) is 3.07. The monoisotopic (exact) mass is 314 g/mol. The van der Waals surface area contributed by atoms with Crippen LogP contribution in [0.4, 0.5) is 5.13 Å². The fourth-order valence-corrected chi connectivity index (χ4v) is 2.66. The van der Waals surface area contributed by atoms with E-state index in [1.165, 1.54) is 16.1 Å². The standard InChI is InChI=1S/C14H14N6OS/c1-9-10(2)22-14(15-9)16-12(21)8-20-18-13(17-19-20)11-6-4-3-5-7-11/h3-7H,8H2,1-2H3,(H,15,16,21). The minimum atomic E-state index is -0.231. The first-order valence-electron chi connectivity index (χ1n) is 6.69. The molecule has 0 atom stereocenters. The van der Waals surface area contributed by atoms with Gasteiger partial charge in [-0.2, -0.15) is 4.80 Å². The highest BCUT2D eigenvalue weighted by atomic mass is 32.1. The highest BCUT2D eigenvalue weighted by Crippen LogP contribution is 2.20. The van der Waals surface area contributed by atoms with E-state index in [2.05, 4.69) is 25.7 Å². The van der Waals surface area contributed by atoms with Gasteiger partial charge in [-0.3, -0.25) is 4.79 Å². The normalized spacial score (nSPS) is 10.6. The zero-order valence-corrected chi connectivity index (χ0v) is 13.0. The summed E-state index contributed by atoms with van der Waals surface area (Å²) >= 11 is 1.45. The lowest BCUT2D eigenvalue weighted by Gasteiger charge is -1.99.